The lowest BCUT2D eigenvalue weighted by molar-refractivity contribution is 1.17. The lowest BCUT2D eigenvalue weighted by Crippen LogP contribution is -2.74. The van der Waals surface area contributed by atoms with E-state index < -0.39 is 98.7 Å². The summed E-state index contributed by atoms with van der Waals surface area (Å²) in [5, 5.41) is 8.47. The van der Waals surface area contributed by atoms with Crippen LogP contribution in [0.3, 0.4) is 0 Å². The fourth-order valence-electron chi connectivity index (χ4n) is 11.3. The van der Waals surface area contributed by atoms with E-state index in [4.69, 9.17) is 15.1 Å². The zero-order valence-corrected chi connectivity index (χ0v) is 41.1. The third-order valence-electron chi connectivity index (χ3n) is 14.5. The highest BCUT2D eigenvalue weighted by Gasteiger charge is 2.41. The third-order valence-corrected chi connectivity index (χ3v) is 19.3. The monoisotopic (exact) mass is 985 g/mol. The smallest absolute Gasteiger partial charge is 0.179 e. The van der Waals surface area contributed by atoms with Gasteiger partial charge in [-0.05, 0) is 109 Å². The first kappa shape index (κ1) is 31.1. The number of fused-ring (bicyclic) bond motifs is 6. The van der Waals surface area contributed by atoms with Crippen molar-refractivity contribution in [1.29, 1.82) is 0 Å². The first-order valence-corrected chi connectivity index (χ1v) is 26.7. The van der Waals surface area contributed by atoms with Crippen LogP contribution in [-0.2, 0) is 0 Å². The van der Waals surface area contributed by atoms with Crippen LogP contribution < -0.4 is 20.7 Å². The van der Waals surface area contributed by atoms with Crippen LogP contribution in [-0.4, -0.2) is 17.2 Å². The summed E-state index contributed by atoms with van der Waals surface area (Å²) >= 11 is 0. The molecule has 0 radical (unpaired) electrons. The van der Waals surface area contributed by atoms with Gasteiger partial charge in [-0.15, -0.1) is 0 Å². The highest BCUT2D eigenvalue weighted by atomic mass is 28.3. The van der Waals surface area contributed by atoms with E-state index in [2.05, 4.69) is 150 Å². The van der Waals surface area contributed by atoms with Crippen LogP contribution in [0.2, 0.25) is 0 Å². The van der Waals surface area contributed by atoms with Gasteiger partial charge in [-0.1, -0.05) is 248 Å². The Morgan fingerprint density at radius 3 is 1.25 bits per heavy atom. The summed E-state index contributed by atoms with van der Waals surface area (Å²) in [5.41, 5.74) is 4.47. The molecule has 0 aliphatic rings. The van der Waals surface area contributed by atoms with E-state index in [0.717, 1.165) is 38.6 Å². The van der Waals surface area contributed by atoms with Crippen LogP contribution in [0.4, 0.5) is 0 Å². The van der Waals surface area contributed by atoms with E-state index in [9.17, 15) is 5.48 Å². The van der Waals surface area contributed by atoms with Gasteiger partial charge in [-0.3, -0.25) is 0 Å². The average Bonchev–Trinajstić information content (AvgIpc) is 1.35. The standard InChI is InChI=1S/C72H50N2Si/c1-7-24-51(25-8-1)56-48-64(52-26-9-2-10-27-52)72(65(49-56)53-28-11-3-12-29-53)74-69-41-22-20-39-63(69)67-50-57(43-45-71(67)74)73-68-40-21-19-38-62(68)66-47-55(42-44-70(66)73)54-30-23-37-61(46-54)75(58-31-13-4-14-32-58,59-33-15-5-16-34-59)60-35-17-6-18-36-60/h1-50H/i1D,2D,3D,7D,8D,9D,10D,11D,12D,24D,25D,26D,27D,28D,29D. The minimum absolute atomic E-state index is 0.0341. The zero-order chi connectivity index (χ0) is 62.8. The molecule has 75 heavy (non-hydrogen) atoms. The van der Waals surface area contributed by atoms with Gasteiger partial charge < -0.3 is 9.13 Å². The van der Waals surface area contributed by atoms with E-state index in [-0.39, 0.29) is 39.1 Å². The summed E-state index contributed by atoms with van der Waals surface area (Å²) in [6.45, 7) is 0. The fourth-order valence-corrected chi connectivity index (χ4v) is 16.1. The summed E-state index contributed by atoms with van der Waals surface area (Å²) in [7, 11) is -2.87. The van der Waals surface area contributed by atoms with Gasteiger partial charge >= 0.3 is 0 Å². The molecule has 0 fully saturated rings. The molecule has 0 aliphatic carbocycles. The minimum atomic E-state index is -2.87. The largest absolute Gasteiger partial charge is 0.309 e. The summed E-state index contributed by atoms with van der Waals surface area (Å²) in [4.78, 5) is 0. The molecular formula is C72H50N2Si. The Balaban J connectivity index is 1.02. The molecule has 0 saturated heterocycles. The maximum Gasteiger partial charge on any atom is 0.179 e. The second-order valence-electron chi connectivity index (χ2n) is 18.5. The molecule has 0 aliphatic heterocycles. The van der Waals surface area contributed by atoms with Crippen molar-refractivity contribution in [3.63, 3.8) is 0 Å². The van der Waals surface area contributed by atoms with Crippen LogP contribution in [0.5, 0.6) is 0 Å². The topological polar surface area (TPSA) is 9.86 Å². The van der Waals surface area contributed by atoms with Crippen molar-refractivity contribution in [2.24, 2.45) is 0 Å². The molecule has 12 aromatic carbocycles. The average molecular weight is 986 g/mol. The Morgan fingerprint density at radius 1 is 0.267 bits per heavy atom. The molecule has 0 N–H and O–H groups in total. The predicted molar refractivity (Wildman–Crippen MR) is 320 cm³/mol. The van der Waals surface area contributed by atoms with Gasteiger partial charge in [-0.2, -0.15) is 0 Å². The van der Waals surface area contributed by atoms with Gasteiger partial charge in [0.25, 0.3) is 0 Å². The molecule has 0 spiro atoms. The summed E-state index contributed by atoms with van der Waals surface area (Å²) in [5.74, 6) is 0. The van der Waals surface area contributed by atoms with E-state index in [1.165, 1.54) is 32.9 Å². The maximum absolute atomic E-state index is 9.47. The Kier molecular flexibility index (Phi) is 7.68. The Labute approximate surface area is 459 Å². The molecule has 14 rings (SSSR count). The second kappa shape index (κ2) is 18.5. The first-order valence-electron chi connectivity index (χ1n) is 32.2. The van der Waals surface area contributed by atoms with Crippen molar-refractivity contribution in [2.75, 3.05) is 0 Å². The normalized spacial score (nSPS) is 14.5. The van der Waals surface area contributed by atoms with Crippen LogP contribution in [0.1, 0.15) is 20.6 Å². The SMILES string of the molecule is [2H]c1c([2H])c([2H])c(-c2cc(-c3c([2H])c([2H])c([2H])c([2H])c3[2H])c(-n3c4ccccc4c4cc(-n5c6ccccc6c6cc(-c7cccc([Si](c8ccccc8)(c8ccccc8)c8ccccc8)c7)ccc65)ccc43)c(-c3c([2H])c([2H])c([2H])c([2H])c3[2H])c2)c([2H])c1[2H]. The summed E-state index contributed by atoms with van der Waals surface area (Å²) in [6, 6.07) is 62.4. The molecule has 3 heteroatoms. The lowest BCUT2D eigenvalue weighted by Gasteiger charge is -2.34. The molecular weight excluding hydrogens is 921 g/mol. The number of hydrogen-bond acceptors (Lipinski definition) is 0. The highest BCUT2D eigenvalue weighted by Crippen LogP contribution is 2.45. The Morgan fingerprint density at radius 2 is 0.693 bits per heavy atom. The Hall–Kier alpha value is -9.54. The van der Waals surface area contributed by atoms with Crippen LogP contribution in [0.15, 0.2) is 303 Å². The quantitative estimate of drug-likeness (QED) is 0.0955. The molecule has 2 heterocycles. The second-order valence-corrected chi connectivity index (χ2v) is 22.3. The maximum atomic E-state index is 9.47. The lowest BCUT2D eigenvalue weighted by atomic mass is 9.90. The van der Waals surface area contributed by atoms with Crippen molar-refractivity contribution < 1.29 is 20.6 Å². The van der Waals surface area contributed by atoms with E-state index in [0.29, 0.717) is 21.8 Å². The zero-order valence-electron chi connectivity index (χ0n) is 55.1. The number of aromatic nitrogens is 2. The number of nitrogens with zero attached hydrogens (tertiary/aromatic N) is 2. The number of para-hydroxylation sites is 2. The summed E-state index contributed by atoms with van der Waals surface area (Å²) in [6.07, 6.45) is 0. The van der Waals surface area contributed by atoms with E-state index >= 15 is 0 Å². The van der Waals surface area contributed by atoms with Crippen LogP contribution in [0.25, 0.3) is 99.5 Å². The van der Waals surface area contributed by atoms with E-state index in [1.54, 1.807) is 4.57 Å². The van der Waals surface area contributed by atoms with Gasteiger partial charge in [0.1, 0.15) is 0 Å². The van der Waals surface area contributed by atoms with Gasteiger partial charge in [0.05, 0.1) is 48.3 Å². The van der Waals surface area contributed by atoms with Crippen LogP contribution >= 0.6 is 0 Å². The Bertz CT molecular complexity index is 5050. The number of rotatable bonds is 10. The van der Waals surface area contributed by atoms with Gasteiger partial charge in [0, 0.05) is 38.4 Å². The number of hydrogen-bond donors (Lipinski definition) is 0. The molecule has 2 aromatic heterocycles. The number of benzene rings is 12. The van der Waals surface area contributed by atoms with Gasteiger partial charge in [-0.25, -0.2) is 0 Å². The predicted octanol–water partition coefficient (Wildman–Crippen LogP) is 15.9. The molecule has 0 amide bonds. The molecule has 0 atom stereocenters. The fraction of sp³-hybridized carbons (Fsp3) is 0. The molecule has 0 bridgehead atoms. The van der Waals surface area contributed by atoms with E-state index in [1.807, 2.05) is 54.6 Å². The summed E-state index contributed by atoms with van der Waals surface area (Å²) < 4.78 is 139. The van der Waals surface area contributed by atoms with Crippen molar-refractivity contribution in [3.8, 4) is 55.9 Å². The minimum Gasteiger partial charge on any atom is -0.309 e. The molecule has 2 nitrogen and oxygen atoms in total. The molecule has 14 aromatic rings. The van der Waals surface area contributed by atoms with Crippen molar-refractivity contribution in [2.45, 2.75) is 0 Å². The van der Waals surface area contributed by atoms with Gasteiger partial charge in [0.15, 0.2) is 8.07 Å². The molecule has 0 saturated carbocycles. The van der Waals surface area contributed by atoms with Crippen molar-refractivity contribution in [3.05, 3.63) is 303 Å². The third kappa shape index (κ3) is 7.39. The van der Waals surface area contributed by atoms with Crippen molar-refractivity contribution in [1.82, 2.24) is 9.13 Å². The van der Waals surface area contributed by atoms with Crippen LogP contribution in [0, 0.1) is 0 Å². The molecule has 0 unspecified atom stereocenters. The molecule has 352 valence electrons. The van der Waals surface area contributed by atoms with Crippen molar-refractivity contribution >= 4 is 72.4 Å². The first-order chi connectivity index (χ1) is 43.4. The van der Waals surface area contributed by atoms with Gasteiger partial charge in [0.2, 0.25) is 0 Å². The highest BCUT2D eigenvalue weighted by molar-refractivity contribution is 7.19.